The molecule has 0 aromatic carbocycles. The average molecular weight is 313 g/mol. The number of nitrogens with zero attached hydrogens (tertiary/aromatic N) is 6. The molecule has 7 nitrogen and oxygen atoms in total. The van der Waals surface area contributed by atoms with Crippen LogP contribution in [0.1, 0.15) is 5.56 Å². The maximum absolute atomic E-state index is 4.42. The number of aromatic nitrogens is 3. The summed E-state index contributed by atoms with van der Waals surface area (Å²) in [5, 5.41) is 7.60. The Bertz CT molecular complexity index is 641. The summed E-state index contributed by atoms with van der Waals surface area (Å²) in [6, 6.07) is 6.04. The third-order valence-corrected chi connectivity index (χ3v) is 3.97. The molecule has 0 bridgehead atoms. The molecule has 0 unspecified atom stereocenters. The maximum Gasteiger partial charge on any atom is 0.194 e. The van der Waals surface area contributed by atoms with E-state index in [1.165, 1.54) is 0 Å². The lowest BCUT2D eigenvalue weighted by molar-refractivity contribution is 0.371. The molecule has 7 heteroatoms. The van der Waals surface area contributed by atoms with Gasteiger partial charge in [0.25, 0.3) is 0 Å². The summed E-state index contributed by atoms with van der Waals surface area (Å²) < 4.78 is 1.81. The van der Waals surface area contributed by atoms with Crippen molar-refractivity contribution in [1.29, 1.82) is 0 Å². The molecule has 1 fully saturated rings. The topological polar surface area (TPSA) is 61.6 Å². The minimum atomic E-state index is 0.737. The molecule has 0 spiro atoms. The molecule has 1 saturated heterocycles. The van der Waals surface area contributed by atoms with E-state index in [-0.39, 0.29) is 0 Å². The van der Waals surface area contributed by atoms with Crippen LogP contribution in [0.25, 0.3) is 0 Å². The Morgan fingerprint density at radius 2 is 2.09 bits per heavy atom. The van der Waals surface area contributed by atoms with Crippen LogP contribution >= 0.6 is 0 Å². The Morgan fingerprint density at radius 3 is 2.70 bits per heavy atom. The van der Waals surface area contributed by atoms with Gasteiger partial charge in [-0.05, 0) is 12.1 Å². The number of piperazine rings is 1. The van der Waals surface area contributed by atoms with Crippen LogP contribution in [0, 0.1) is 0 Å². The Balaban J connectivity index is 1.53. The van der Waals surface area contributed by atoms with Crippen molar-refractivity contribution in [3.05, 3.63) is 42.4 Å². The predicted octanol–water partition coefficient (Wildman–Crippen LogP) is 0.713. The van der Waals surface area contributed by atoms with Crippen LogP contribution in [0.5, 0.6) is 0 Å². The van der Waals surface area contributed by atoms with Gasteiger partial charge in [0.15, 0.2) is 5.96 Å². The summed E-state index contributed by atoms with van der Waals surface area (Å²) in [5.41, 5.74) is 1.15. The normalized spacial score (nSPS) is 15.8. The molecule has 0 aliphatic carbocycles. The largest absolute Gasteiger partial charge is 0.353 e. The highest BCUT2D eigenvalue weighted by molar-refractivity contribution is 5.80. The molecule has 1 aliphatic rings. The van der Waals surface area contributed by atoms with Gasteiger partial charge >= 0.3 is 0 Å². The second-order valence-electron chi connectivity index (χ2n) is 5.59. The minimum absolute atomic E-state index is 0.737. The Morgan fingerprint density at radius 1 is 1.26 bits per heavy atom. The van der Waals surface area contributed by atoms with Gasteiger partial charge < -0.3 is 15.1 Å². The summed E-state index contributed by atoms with van der Waals surface area (Å²) in [6.07, 6.45) is 5.73. The van der Waals surface area contributed by atoms with Crippen molar-refractivity contribution in [3.63, 3.8) is 0 Å². The fourth-order valence-electron chi connectivity index (χ4n) is 2.76. The van der Waals surface area contributed by atoms with Gasteiger partial charge in [-0.2, -0.15) is 5.10 Å². The quantitative estimate of drug-likeness (QED) is 0.668. The van der Waals surface area contributed by atoms with E-state index in [1.807, 2.05) is 49.5 Å². The molecule has 1 N–H and O–H groups in total. The van der Waals surface area contributed by atoms with Crippen LogP contribution in [0.3, 0.4) is 0 Å². The Kier molecular flexibility index (Phi) is 4.75. The van der Waals surface area contributed by atoms with Gasteiger partial charge in [0.1, 0.15) is 5.82 Å². The number of anilines is 1. The molecule has 2 aromatic rings. The highest BCUT2D eigenvalue weighted by Gasteiger charge is 2.20. The molecule has 0 saturated carbocycles. The minimum Gasteiger partial charge on any atom is -0.353 e. The number of guanidine groups is 1. The molecule has 0 radical (unpaired) electrons. The maximum atomic E-state index is 4.42. The van der Waals surface area contributed by atoms with E-state index in [0.717, 1.165) is 50.1 Å². The standard InChI is InChI=1S/C16H23N7/c1-17-16(19-11-14-12-20-21(2)13-14)23-9-7-22(8-10-23)15-5-3-4-6-18-15/h3-6,12-13H,7-11H2,1-2H3,(H,17,19). The van der Waals surface area contributed by atoms with Crippen molar-refractivity contribution in [2.75, 3.05) is 38.1 Å². The van der Waals surface area contributed by atoms with Gasteiger partial charge in [0, 0.05) is 64.8 Å². The number of rotatable bonds is 3. The first-order valence-corrected chi connectivity index (χ1v) is 7.85. The zero-order chi connectivity index (χ0) is 16.1. The van der Waals surface area contributed by atoms with Crippen molar-refractivity contribution in [1.82, 2.24) is 25.0 Å². The van der Waals surface area contributed by atoms with Gasteiger partial charge in [-0.25, -0.2) is 4.98 Å². The predicted molar refractivity (Wildman–Crippen MR) is 91.4 cm³/mol. The van der Waals surface area contributed by atoms with Crippen LogP contribution in [-0.2, 0) is 13.6 Å². The highest BCUT2D eigenvalue weighted by Crippen LogP contribution is 2.12. The second kappa shape index (κ2) is 7.13. The molecule has 3 heterocycles. The molecule has 0 amide bonds. The Labute approximate surface area is 136 Å². The second-order valence-corrected chi connectivity index (χ2v) is 5.59. The number of hydrogen-bond acceptors (Lipinski definition) is 4. The van der Waals surface area contributed by atoms with E-state index in [0.29, 0.717) is 0 Å². The molecular formula is C16H23N7. The molecular weight excluding hydrogens is 290 g/mol. The number of hydrogen-bond donors (Lipinski definition) is 1. The fraction of sp³-hybridized carbons (Fsp3) is 0.438. The van der Waals surface area contributed by atoms with E-state index in [4.69, 9.17) is 0 Å². The molecule has 1 aliphatic heterocycles. The zero-order valence-electron chi connectivity index (χ0n) is 13.7. The monoisotopic (exact) mass is 313 g/mol. The third-order valence-electron chi connectivity index (χ3n) is 3.97. The summed E-state index contributed by atoms with van der Waals surface area (Å²) >= 11 is 0. The van der Waals surface area contributed by atoms with Crippen LogP contribution in [0.15, 0.2) is 41.8 Å². The molecule has 3 rings (SSSR count). The average Bonchev–Trinajstić information content (AvgIpc) is 3.02. The van der Waals surface area contributed by atoms with Gasteiger partial charge in [0.05, 0.1) is 6.20 Å². The van der Waals surface area contributed by atoms with Crippen LogP contribution < -0.4 is 10.2 Å². The van der Waals surface area contributed by atoms with E-state index < -0.39 is 0 Å². The summed E-state index contributed by atoms with van der Waals surface area (Å²) in [4.78, 5) is 13.4. The summed E-state index contributed by atoms with van der Waals surface area (Å²) in [5.74, 6) is 1.99. The van der Waals surface area contributed by atoms with Gasteiger partial charge in [0.2, 0.25) is 0 Å². The van der Waals surface area contributed by atoms with Crippen LogP contribution in [-0.4, -0.2) is 58.9 Å². The molecule has 122 valence electrons. The number of aliphatic imine (C=N–C) groups is 1. The van der Waals surface area contributed by atoms with E-state index in [9.17, 15) is 0 Å². The van der Waals surface area contributed by atoms with Crippen LogP contribution in [0.2, 0.25) is 0 Å². The lowest BCUT2D eigenvalue weighted by Crippen LogP contribution is -2.52. The zero-order valence-corrected chi connectivity index (χ0v) is 13.7. The summed E-state index contributed by atoms with van der Waals surface area (Å²) in [6.45, 7) is 4.50. The fourth-order valence-corrected chi connectivity index (χ4v) is 2.76. The van der Waals surface area contributed by atoms with Crippen molar-refractivity contribution < 1.29 is 0 Å². The molecule has 2 aromatic heterocycles. The van der Waals surface area contributed by atoms with E-state index in [1.54, 1.807) is 0 Å². The van der Waals surface area contributed by atoms with Gasteiger partial charge in [-0.15, -0.1) is 0 Å². The summed E-state index contributed by atoms with van der Waals surface area (Å²) in [7, 11) is 3.76. The van der Waals surface area contributed by atoms with Crippen molar-refractivity contribution in [2.24, 2.45) is 12.0 Å². The first-order valence-electron chi connectivity index (χ1n) is 7.85. The number of nitrogens with one attached hydrogen (secondary N) is 1. The lowest BCUT2D eigenvalue weighted by atomic mass is 10.3. The van der Waals surface area contributed by atoms with Gasteiger partial charge in [-0.1, -0.05) is 6.07 Å². The lowest BCUT2D eigenvalue weighted by Gasteiger charge is -2.37. The number of aryl methyl sites for hydroxylation is 1. The smallest absolute Gasteiger partial charge is 0.194 e. The van der Waals surface area contributed by atoms with Crippen LogP contribution in [0.4, 0.5) is 5.82 Å². The van der Waals surface area contributed by atoms with E-state index in [2.05, 4.69) is 36.3 Å². The molecule has 0 atom stereocenters. The van der Waals surface area contributed by atoms with Gasteiger partial charge in [-0.3, -0.25) is 9.67 Å². The Hall–Kier alpha value is -2.57. The third kappa shape index (κ3) is 3.80. The first-order chi connectivity index (χ1) is 11.3. The van der Waals surface area contributed by atoms with Crippen molar-refractivity contribution in [2.45, 2.75) is 6.54 Å². The first kappa shape index (κ1) is 15.3. The highest BCUT2D eigenvalue weighted by atomic mass is 15.4. The number of pyridine rings is 1. The SMILES string of the molecule is CN=C(NCc1cnn(C)c1)N1CCN(c2ccccn2)CC1. The van der Waals surface area contributed by atoms with Crippen molar-refractivity contribution >= 4 is 11.8 Å². The van der Waals surface area contributed by atoms with Crippen molar-refractivity contribution in [3.8, 4) is 0 Å². The van der Waals surface area contributed by atoms with E-state index >= 15 is 0 Å². The molecule has 23 heavy (non-hydrogen) atoms.